The molecule has 0 spiro atoms. The summed E-state index contributed by atoms with van der Waals surface area (Å²) in [5.74, 6) is -0.811. The van der Waals surface area contributed by atoms with Gasteiger partial charge in [0.1, 0.15) is 6.54 Å². The van der Waals surface area contributed by atoms with Crippen molar-refractivity contribution in [2.24, 2.45) is 0 Å². The van der Waals surface area contributed by atoms with Gasteiger partial charge in [-0.15, -0.1) is 0 Å². The van der Waals surface area contributed by atoms with Gasteiger partial charge >= 0.3 is 0 Å². The zero-order chi connectivity index (χ0) is 25.2. The molecule has 1 saturated carbocycles. The molecule has 0 unspecified atom stereocenters. The van der Waals surface area contributed by atoms with Crippen LogP contribution >= 0.6 is 11.8 Å². The highest BCUT2D eigenvalue weighted by Gasteiger charge is 2.36. The number of thioether (sulfide) groups is 1. The van der Waals surface area contributed by atoms with E-state index in [1.165, 1.54) is 0 Å². The average molecular weight is 502 g/mol. The third-order valence-electron chi connectivity index (χ3n) is 6.69. The largest absolute Gasteiger partial charge is 0.352 e. The maximum absolute atomic E-state index is 13.0. The van der Waals surface area contributed by atoms with Gasteiger partial charge in [-0.2, -0.15) is 0 Å². The minimum Gasteiger partial charge on any atom is -0.352 e. The molecule has 2 fully saturated rings. The molecule has 2 heterocycles. The molecule has 2 aromatic carbocycles. The van der Waals surface area contributed by atoms with E-state index in [0.29, 0.717) is 5.56 Å². The summed E-state index contributed by atoms with van der Waals surface area (Å²) in [6.07, 6.45) is 7.84. The molecule has 36 heavy (non-hydrogen) atoms. The minimum atomic E-state index is -0.485. The summed E-state index contributed by atoms with van der Waals surface area (Å²) in [5, 5.41) is 3.53. The van der Waals surface area contributed by atoms with Gasteiger partial charge in [-0.1, -0.05) is 60.9 Å². The number of carbonyl (C=O) groups is 4. The predicted molar refractivity (Wildman–Crippen MR) is 141 cm³/mol. The molecular formula is C28H27N3O4S. The van der Waals surface area contributed by atoms with E-state index >= 15 is 0 Å². The third-order valence-corrected chi connectivity index (χ3v) is 7.60. The quantitative estimate of drug-likeness (QED) is 0.366. The van der Waals surface area contributed by atoms with Crippen molar-refractivity contribution in [2.75, 3.05) is 6.54 Å². The predicted octanol–water partition coefficient (Wildman–Crippen LogP) is 4.93. The highest BCUT2D eigenvalue weighted by Crippen LogP contribution is 2.34. The third kappa shape index (κ3) is 4.99. The van der Waals surface area contributed by atoms with Crippen LogP contribution in [0.15, 0.2) is 59.6 Å². The summed E-state index contributed by atoms with van der Waals surface area (Å²) in [5.41, 5.74) is 3.10. The average Bonchev–Trinajstić information content (AvgIpc) is 3.56. The van der Waals surface area contributed by atoms with Crippen LogP contribution in [0.25, 0.3) is 17.0 Å². The number of nitrogens with zero attached hydrogens (tertiary/aromatic N) is 2. The van der Waals surface area contributed by atoms with Gasteiger partial charge in [-0.3, -0.25) is 24.1 Å². The van der Waals surface area contributed by atoms with E-state index in [4.69, 9.17) is 0 Å². The van der Waals surface area contributed by atoms with Gasteiger partial charge in [0.25, 0.3) is 11.1 Å². The monoisotopic (exact) mass is 501 g/mol. The maximum Gasteiger partial charge on any atom is 0.293 e. The van der Waals surface area contributed by atoms with E-state index in [2.05, 4.69) is 5.32 Å². The molecule has 8 heteroatoms. The number of Topliss-reactive ketones (excluding diaryl/α,β-unsaturated/α-hetero) is 1. The number of hydrogen-bond donors (Lipinski definition) is 1. The van der Waals surface area contributed by atoms with Gasteiger partial charge in [0, 0.05) is 34.3 Å². The fourth-order valence-corrected chi connectivity index (χ4v) is 5.60. The van der Waals surface area contributed by atoms with Gasteiger partial charge in [-0.05, 0) is 43.7 Å². The van der Waals surface area contributed by atoms with Gasteiger partial charge in [0.05, 0.1) is 11.4 Å². The minimum absolute atomic E-state index is 0.0378. The van der Waals surface area contributed by atoms with Crippen LogP contribution in [0.1, 0.15) is 47.2 Å². The molecule has 1 aliphatic heterocycles. The number of nitrogens with one attached hydrogen (secondary N) is 1. The Bertz CT molecular complexity index is 1380. The molecule has 2 aliphatic rings. The van der Waals surface area contributed by atoms with Crippen LogP contribution in [0.3, 0.4) is 0 Å². The second-order valence-electron chi connectivity index (χ2n) is 9.34. The normalized spacial score (nSPS) is 17.5. The SMILES string of the molecule is Cc1ccc(C(=O)CN2C(=O)S/C(=C\c3cn(CC(=O)NC4CCCC4)c4ccccc34)C2=O)cc1. The van der Waals surface area contributed by atoms with E-state index in [0.717, 1.165) is 64.4 Å². The second kappa shape index (κ2) is 10.1. The Kier molecular flexibility index (Phi) is 6.78. The number of carbonyl (C=O) groups excluding carboxylic acids is 4. The van der Waals surface area contributed by atoms with Crippen molar-refractivity contribution in [3.8, 4) is 0 Å². The molecule has 3 aromatic rings. The van der Waals surface area contributed by atoms with Crippen molar-refractivity contribution in [2.45, 2.75) is 45.2 Å². The van der Waals surface area contributed by atoms with Gasteiger partial charge in [-0.25, -0.2) is 0 Å². The number of ketones is 1. The molecule has 1 aromatic heterocycles. The molecule has 1 N–H and O–H groups in total. The number of para-hydroxylation sites is 1. The molecule has 0 bridgehead atoms. The van der Waals surface area contributed by atoms with Gasteiger partial charge in [0.2, 0.25) is 5.91 Å². The Morgan fingerprint density at radius 3 is 2.50 bits per heavy atom. The number of fused-ring (bicyclic) bond motifs is 1. The van der Waals surface area contributed by atoms with E-state index < -0.39 is 11.1 Å². The lowest BCUT2D eigenvalue weighted by Crippen LogP contribution is -2.35. The Labute approximate surface area is 213 Å². The van der Waals surface area contributed by atoms with Crippen LogP contribution in [0.4, 0.5) is 4.79 Å². The first-order chi connectivity index (χ1) is 17.4. The Balaban J connectivity index is 1.35. The fourth-order valence-electron chi connectivity index (χ4n) is 4.77. The lowest BCUT2D eigenvalue weighted by molar-refractivity contribution is -0.123. The number of amides is 3. The van der Waals surface area contributed by atoms with Crippen molar-refractivity contribution < 1.29 is 19.2 Å². The topological polar surface area (TPSA) is 88.5 Å². The van der Waals surface area contributed by atoms with E-state index in [1.807, 2.05) is 54.1 Å². The molecule has 0 atom stereocenters. The van der Waals surface area contributed by atoms with Crippen molar-refractivity contribution in [3.63, 3.8) is 0 Å². The summed E-state index contributed by atoms with van der Waals surface area (Å²) in [7, 11) is 0. The summed E-state index contributed by atoms with van der Waals surface area (Å²) in [4.78, 5) is 52.2. The van der Waals surface area contributed by atoms with Crippen LogP contribution in [-0.4, -0.2) is 44.9 Å². The maximum atomic E-state index is 13.0. The lowest BCUT2D eigenvalue weighted by Gasteiger charge is -2.12. The van der Waals surface area contributed by atoms with Crippen molar-refractivity contribution in [1.82, 2.24) is 14.8 Å². The van der Waals surface area contributed by atoms with Crippen LogP contribution < -0.4 is 5.32 Å². The molecule has 7 nitrogen and oxygen atoms in total. The highest BCUT2D eigenvalue weighted by molar-refractivity contribution is 8.18. The molecule has 184 valence electrons. The zero-order valence-electron chi connectivity index (χ0n) is 20.0. The summed E-state index contributed by atoms with van der Waals surface area (Å²) in [6.45, 7) is 1.81. The van der Waals surface area contributed by atoms with E-state index in [-0.39, 0.29) is 35.7 Å². The zero-order valence-corrected chi connectivity index (χ0v) is 20.8. The fraction of sp³-hybridized carbons (Fsp3) is 0.286. The standard InChI is InChI=1S/C28H27N3O4S/c1-18-10-12-19(13-11-18)24(32)16-31-27(34)25(36-28(31)35)14-20-15-30(23-9-5-4-8-22(20)23)17-26(33)29-21-6-2-3-7-21/h4-5,8-15,21H,2-3,6-7,16-17H2,1H3,(H,29,33)/b25-14-. The van der Waals surface area contributed by atoms with Crippen LogP contribution in [0.2, 0.25) is 0 Å². The second-order valence-corrected chi connectivity index (χ2v) is 10.3. The molecular weight excluding hydrogens is 474 g/mol. The number of imide groups is 1. The molecule has 0 radical (unpaired) electrons. The van der Waals surface area contributed by atoms with Gasteiger partial charge in [0.15, 0.2) is 5.78 Å². The Hall–Kier alpha value is -3.65. The number of benzene rings is 2. The number of rotatable bonds is 7. The number of hydrogen-bond acceptors (Lipinski definition) is 5. The number of aryl methyl sites for hydroxylation is 1. The first-order valence-electron chi connectivity index (χ1n) is 12.1. The summed E-state index contributed by atoms with van der Waals surface area (Å²) in [6, 6.07) is 15.0. The smallest absolute Gasteiger partial charge is 0.293 e. The first-order valence-corrected chi connectivity index (χ1v) is 12.9. The summed E-state index contributed by atoms with van der Waals surface area (Å²) >= 11 is 0.827. The summed E-state index contributed by atoms with van der Waals surface area (Å²) < 4.78 is 1.87. The van der Waals surface area contributed by atoms with Crippen LogP contribution in [-0.2, 0) is 16.1 Å². The van der Waals surface area contributed by atoms with Crippen molar-refractivity contribution in [3.05, 3.63) is 76.3 Å². The Morgan fingerprint density at radius 1 is 1.03 bits per heavy atom. The van der Waals surface area contributed by atoms with E-state index in [9.17, 15) is 19.2 Å². The highest BCUT2D eigenvalue weighted by atomic mass is 32.2. The van der Waals surface area contributed by atoms with Gasteiger partial charge < -0.3 is 9.88 Å². The molecule has 1 saturated heterocycles. The number of aromatic nitrogens is 1. The molecule has 3 amide bonds. The van der Waals surface area contributed by atoms with Crippen molar-refractivity contribution >= 4 is 51.6 Å². The van der Waals surface area contributed by atoms with Crippen LogP contribution in [0, 0.1) is 6.92 Å². The van der Waals surface area contributed by atoms with E-state index in [1.54, 1.807) is 18.2 Å². The van der Waals surface area contributed by atoms with Crippen molar-refractivity contribution in [1.29, 1.82) is 0 Å². The molecule has 5 rings (SSSR count). The molecule has 1 aliphatic carbocycles. The van der Waals surface area contributed by atoms with Crippen LogP contribution in [0.5, 0.6) is 0 Å². The lowest BCUT2D eigenvalue weighted by atomic mass is 10.1. The Morgan fingerprint density at radius 2 is 1.75 bits per heavy atom. The first kappa shape index (κ1) is 24.1.